The van der Waals surface area contributed by atoms with Gasteiger partial charge in [0, 0.05) is 37.9 Å². The Morgan fingerprint density at radius 2 is 1.86 bits per heavy atom. The minimum atomic E-state index is -0.248. The van der Waals surface area contributed by atoms with Gasteiger partial charge in [-0.3, -0.25) is 24.0 Å². The van der Waals surface area contributed by atoms with Gasteiger partial charge >= 0.3 is 0 Å². The molecule has 0 bridgehead atoms. The number of benzene rings is 1. The molecule has 8 heteroatoms. The number of aryl methyl sites for hydroxylation is 2. The molecule has 36 heavy (non-hydrogen) atoms. The van der Waals surface area contributed by atoms with Crippen molar-refractivity contribution in [1.82, 2.24) is 19.6 Å². The Labute approximate surface area is 213 Å². The summed E-state index contributed by atoms with van der Waals surface area (Å²) in [6.07, 6.45) is 6.14. The van der Waals surface area contributed by atoms with Crippen LogP contribution in [0.2, 0.25) is 0 Å². The summed E-state index contributed by atoms with van der Waals surface area (Å²) in [5.41, 5.74) is 3.64. The Balaban J connectivity index is 1.33. The molecule has 5 rings (SSSR count). The summed E-state index contributed by atoms with van der Waals surface area (Å²) in [4.78, 5) is 45.8. The van der Waals surface area contributed by atoms with E-state index in [9.17, 15) is 14.4 Å². The molecule has 8 nitrogen and oxygen atoms in total. The van der Waals surface area contributed by atoms with E-state index in [0.717, 1.165) is 62.3 Å². The Bertz CT molecular complexity index is 1170. The number of hydrogen-bond donors (Lipinski definition) is 0. The van der Waals surface area contributed by atoms with Crippen LogP contribution in [0.3, 0.4) is 0 Å². The van der Waals surface area contributed by atoms with Gasteiger partial charge in [0.05, 0.1) is 35.0 Å². The first-order valence-electron chi connectivity index (χ1n) is 13.4. The van der Waals surface area contributed by atoms with Crippen molar-refractivity contribution < 1.29 is 14.4 Å². The number of likely N-dealkylation sites (tertiary alicyclic amines) is 1. The smallest absolute Gasteiger partial charge is 0.263 e. The molecule has 0 saturated carbocycles. The number of aromatic nitrogens is 2. The predicted molar refractivity (Wildman–Crippen MR) is 138 cm³/mol. The second-order valence-electron chi connectivity index (χ2n) is 10.5. The second kappa shape index (κ2) is 10.1. The normalized spacial score (nSPS) is 22.4. The zero-order chi connectivity index (χ0) is 25.4. The van der Waals surface area contributed by atoms with E-state index >= 15 is 0 Å². The Morgan fingerprint density at radius 1 is 1.03 bits per heavy atom. The van der Waals surface area contributed by atoms with Crippen molar-refractivity contribution in [3.63, 3.8) is 0 Å². The molecule has 192 valence electrons. The van der Waals surface area contributed by atoms with Gasteiger partial charge in [0.2, 0.25) is 5.91 Å². The van der Waals surface area contributed by atoms with E-state index in [4.69, 9.17) is 0 Å². The lowest BCUT2D eigenvalue weighted by molar-refractivity contribution is -0.139. The molecular formula is C28H37N5O3. The summed E-state index contributed by atoms with van der Waals surface area (Å²) in [5, 5.41) is 4.46. The van der Waals surface area contributed by atoms with Gasteiger partial charge in [0.25, 0.3) is 11.8 Å². The van der Waals surface area contributed by atoms with Crippen LogP contribution in [-0.2, 0) is 11.3 Å². The van der Waals surface area contributed by atoms with Gasteiger partial charge in [-0.2, -0.15) is 5.10 Å². The fourth-order valence-electron chi connectivity index (χ4n) is 6.23. The third-order valence-corrected chi connectivity index (χ3v) is 8.11. The Kier molecular flexibility index (Phi) is 6.86. The Hall–Kier alpha value is -3.16. The lowest BCUT2D eigenvalue weighted by atomic mass is 9.92. The number of anilines is 1. The van der Waals surface area contributed by atoms with Gasteiger partial charge < -0.3 is 9.80 Å². The zero-order valence-electron chi connectivity index (χ0n) is 21.7. The molecule has 4 heterocycles. The van der Waals surface area contributed by atoms with E-state index in [1.54, 1.807) is 6.07 Å². The Morgan fingerprint density at radius 3 is 2.61 bits per heavy atom. The molecule has 3 aliphatic heterocycles. The predicted octanol–water partition coefficient (Wildman–Crippen LogP) is 3.80. The van der Waals surface area contributed by atoms with E-state index in [2.05, 4.69) is 21.8 Å². The molecule has 3 aliphatic rings. The lowest BCUT2D eigenvalue weighted by Crippen LogP contribution is -2.50. The quantitative estimate of drug-likeness (QED) is 0.575. The highest BCUT2D eigenvalue weighted by molar-refractivity contribution is 6.23. The highest BCUT2D eigenvalue weighted by Gasteiger charge is 2.40. The number of hydrogen-bond acceptors (Lipinski definition) is 5. The van der Waals surface area contributed by atoms with E-state index in [0.29, 0.717) is 30.3 Å². The number of rotatable bonds is 6. The maximum absolute atomic E-state index is 13.5. The fraction of sp³-hybridized carbons (Fsp3) is 0.571. The zero-order valence-corrected chi connectivity index (χ0v) is 21.7. The number of piperidine rings is 2. The van der Waals surface area contributed by atoms with Crippen molar-refractivity contribution in [2.75, 3.05) is 31.1 Å². The molecule has 0 unspecified atom stereocenters. The van der Waals surface area contributed by atoms with Crippen LogP contribution in [0.4, 0.5) is 5.69 Å². The van der Waals surface area contributed by atoms with Crippen molar-refractivity contribution in [3.8, 4) is 0 Å². The molecule has 3 amide bonds. The fourth-order valence-corrected chi connectivity index (χ4v) is 6.23. The molecule has 1 aromatic heterocycles. The van der Waals surface area contributed by atoms with E-state index < -0.39 is 0 Å². The van der Waals surface area contributed by atoms with Gasteiger partial charge in [-0.1, -0.05) is 13.0 Å². The van der Waals surface area contributed by atoms with Crippen LogP contribution in [0.25, 0.3) is 0 Å². The van der Waals surface area contributed by atoms with Crippen molar-refractivity contribution in [1.29, 1.82) is 0 Å². The first-order valence-corrected chi connectivity index (χ1v) is 13.4. The van der Waals surface area contributed by atoms with Crippen LogP contribution in [0.15, 0.2) is 24.3 Å². The van der Waals surface area contributed by atoms with Crippen molar-refractivity contribution in [2.24, 2.45) is 5.92 Å². The van der Waals surface area contributed by atoms with Gasteiger partial charge in [-0.05, 0) is 70.6 Å². The van der Waals surface area contributed by atoms with Crippen LogP contribution in [0.5, 0.6) is 0 Å². The molecule has 2 fully saturated rings. The van der Waals surface area contributed by atoms with E-state index in [1.807, 2.05) is 36.7 Å². The summed E-state index contributed by atoms with van der Waals surface area (Å²) >= 11 is 0. The van der Waals surface area contributed by atoms with Crippen molar-refractivity contribution in [3.05, 3.63) is 46.8 Å². The molecule has 0 radical (unpaired) electrons. The first-order chi connectivity index (χ1) is 17.4. The van der Waals surface area contributed by atoms with Crippen molar-refractivity contribution in [2.45, 2.75) is 71.9 Å². The number of carbonyl (C=O) groups excluding carboxylic acids is 3. The first kappa shape index (κ1) is 24.5. The number of fused-ring (bicyclic) bond motifs is 1. The van der Waals surface area contributed by atoms with Gasteiger partial charge in [-0.25, -0.2) is 0 Å². The molecule has 0 spiro atoms. The standard InChI is InChI=1S/C28H37N5O3/c1-4-22-10-5-6-14-31(22)26(34)21-9-8-13-30(18-21)24-12-7-11-23-25(24)28(36)32(27(23)35)15-16-33-20(3)17-19(2)29-33/h7,11-12,17,21-22H,4-6,8-10,13-16,18H2,1-3H3/t21-,22+/m1/s1. The second-order valence-corrected chi connectivity index (χ2v) is 10.5. The molecule has 1 aromatic carbocycles. The minimum absolute atomic E-state index is 0.0731. The number of carbonyl (C=O) groups is 3. The highest BCUT2D eigenvalue weighted by Crippen LogP contribution is 2.35. The van der Waals surface area contributed by atoms with Crippen LogP contribution < -0.4 is 4.90 Å². The maximum Gasteiger partial charge on any atom is 0.263 e. The lowest BCUT2D eigenvalue weighted by Gasteiger charge is -2.41. The average Bonchev–Trinajstić information content (AvgIpc) is 3.35. The monoisotopic (exact) mass is 491 g/mol. The summed E-state index contributed by atoms with van der Waals surface area (Å²) in [7, 11) is 0. The molecule has 2 saturated heterocycles. The minimum Gasteiger partial charge on any atom is -0.370 e. The van der Waals surface area contributed by atoms with Crippen LogP contribution in [-0.4, -0.2) is 69.5 Å². The molecular weight excluding hydrogens is 454 g/mol. The van der Waals surface area contributed by atoms with Gasteiger partial charge in [0.1, 0.15) is 0 Å². The van der Waals surface area contributed by atoms with Crippen LogP contribution in [0.1, 0.15) is 77.6 Å². The summed E-state index contributed by atoms with van der Waals surface area (Å²) in [5.74, 6) is -0.311. The third-order valence-electron chi connectivity index (χ3n) is 8.11. The molecule has 0 aliphatic carbocycles. The average molecular weight is 492 g/mol. The van der Waals surface area contributed by atoms with E-state index in [1.165, 1.54) is 11.3 Å². The third kappa shape index (κ3) is 4.42. The largest absolute Gasteiger partial charge is 0.370 e. The number of nitrogens with zero attached hydrogens (tertiary/aromatic N) is 5. The van der Waals surface area contributed by atoms with E-state index in [-0.39, 0.29) is 30.2 Å². The van der Waals surface area contributed by atoms with Crippen LogP contribution >= 0.6 is 0 Å². The SMILES string of the molecule is CC[C@H]1CCCCN1C(=O)[C@@H]1CCCN(c2cccc3c2C(=O)N(CCn2nc(C)cc2C)C3=O)C1. The molecule has 0 N–H and O–H groups in total. The number of imide groups is 1. The topological polar surface area (TPSA) is 78.8 Å². The molecule has 2 atom stereocenters. The summed E-state index contributed by atoms with van der Waals surface area (Å²) < 4.78 is 1.84. The highest BCUT2D eigenvalue weighted by atomic mass is 16.2. The van der Waals surface area contributed by atoms with Gasteiger partial charge in [-0.15, -0.1) is 0 Å². The summed E-state index contributed by atoms with van der Waals surface area (Å²) in [6, 6.07) is 7.86. The van der Waals surface area contributed by atoms with Gasteiger partial charge in [0.15, 0.2) is 0 Å². The summed E-state index contributed by atoms with van der Waals surface area (Å²) in [6.45, 7) is 9.05. The molecule has 2 aromatic rings. The van der Waals surface area contributed by atoms with Crippen molar-refractivity contribution >= 4 is 23.4 Å². The number of amides is 3. The maximum atomic E-state index is 13.5. The van der Waals surface area contributed by atoms with Crippen LogP contribution in [0, 0.1) is 19.8 Å².